The largest absolute Gasteiger partial charge is 0.482 e. The molecule has 0 bridgehead atoms. The highest BCUT2D eigenvalue weighted by molar-refractivity contribution is 7.07. The predicted molar refractivity (Wildman–Crippen MR) is 122 cm³/mol. The van der Waals surface area contributed by atoms with E-state index in [2.05, 4.69) is 43.0 Å². The number of nitrogens with zero attached hydrogens (tertiary/aromatic N) is 3. The first-order chi connectivity index (χ1) is 14.3. The molecule has 4 rings (SSSR count). The van der Waals surface area contributed by atoms with E-state index in [-0.39, 0.29) is 17.9 Å². The van der Waals surface area contributed by atoms with Crippen molar-refractivity contribution in [2.75, 3.05) is 18.5 Å². The minimum atomic E-state index is -0.141. The zero-order valence-corrected chi connectivity index (χ0v) is 18.6. The molecule has 1 aromatic heterocycles. The molecule has 1 fully saturated rings. The Morgan fingerprint density at radius 3 is 3.03 bits per heavy atom. The first-order valence-electron chi connectivity index (χ1n) is 10.3. The van der Waals surface area contributed by atoms with Crippen molar-refractivity contribution in [2.45, 2.75) is 40.0 Å². The highest BCUT2D eigenvalue weighted by atomic mass is 32.1. The Morgan fingerprint density at radius 1 is 1.43 bits per heavy atom. The van der Waals surface area contributed by atoms with E-state index < -0.39 is 0 Å². The van der Waals surface area contributed by atoms with Crippen molar-refractivity contribution in [3.05, 3.63) is 41.0 Å². The van der Waals surface area contributed by atoms with Gasteiger partial charge in [-0.3, -0.25) is 9.79 Å². The van der Waals surface area contributed by atoms with Gasteiger partial charge in [-0.15, -0.1) is 17.9 Å². The number of anilines is 1. The number of carbonyl (C=O) groups is 1. The maximum atomic E-state index is 11.7. The van der Waals surface area contributed by atoms with Gasteiger partial charge in [-0.2, -0.15) is 5.10 Å². The Balaban J connectivity index is 1.79. The van der Waals surface area contributed by atoms with Crippen molar-refractivity contribution < 1.29 is 9.53 Å². The van der Waals surface area contributed by atoms with Crippen molar-refractivity contribution in [3.8, 4) is 17.0 Å². The fourth-order valence-corrected chi connectivity index (χ4v) is 5.26. The number of carbonyl (C=O) groups excluding carboxylic acids is 1. The van der Waals surface area contributed by atoms with E-state index in [9.17, 15) is 4.79 Å². The Labute approximate surface area is 181 Å². The number of amides is 1. The monoisotopic (exact) mass is 424 g/mol. The third kappa shape index (κ3) is 4.41. The van der Waals surface area contributed by atoms with Crippen molar-refractivity contribution in [3.63, 3.8) is 0 Å². The number of hydrogen-bond donors (Lipinski definition) is 1. The van der Waals surface area contributed by atoms with E-state index in [1.54, 1.807) is 17.4 Å². The van der Waals surface area contributed by atoms with Gasteiger partial charge >= 0.3 is 0 Å². The second-order valence-corrected chi connectivity index (χ2v) is 9.75. The zero-order valence-electron chi connectivity index (χ0n) is 17.8. The molecule has 1 N–H and O–H groups in total. The third-order valence-electron chi connectivity index (χ3n) is 5.36. The SMILES string of the molecule is C=CCN=c1scc(-c2ccc3c(c2)NC(=O)CO3)n1N=C1CC(C)CC(C)(C)C1. The second kappa shape index (κ2) is 8.22. The minimum absolute atomic E-state index is 0.0526. The molecular weight excluding hydrogens is 396 g/mol. The van der Waals surface area contributed by atoms with Crippen LogP contribution in [0.15, 0.2) is 46.3 Å². The molecule has 0 saturated heterocycles. The average Bonchev–Trinajstić information content (AvgIpc) is 3.06. The molecule has 1 amide bonds. The van der Waals surface area contributed by atoms with E-state index in [1.165, 1.54) is 12.1 Å². The average molecular weight is 425 g/mol. The van der Waals surface area contributed by atoms with Crippen LogP contribution >= 0.6 is 11.3 Å². The number of fused-ring (bicyclic) bond motifs is 1. The van der Waals surface area contributed by atoms with E-state index in [1.807, 2.05) is 22.9 Å². The van der Waals surface area contributed by atoms with Crippen molar-refractivity contribution in [1.29, 1.82) is 0 Å². The van der Waals surface area contributed by atoms with Gasteiger partial charge in [-0.25, -0.2) is 4.68 Å². The van der Waals surface area contributed by atoms with Gasteiger partial charge in [0.2, 0.25) is 4.80 Å². The van der Waals surface area contributed by atoms with Crippen LogP contribution in [0, 0.1) is 11.3 Å². The van der Waals surface area contributed by atoms with E-state index in [0.29, 0.717) is 23.9 Å². The smallest absolute Gasteiger partial charge is 0.262 e. The minimum Gasteiger partial charge on any atom is -0.482 e. The van der Waals surface area contributed by atoms with Gasteiger partial charge in [0.05, 0.1) is 17.9 Å². The van der Waals surface area contributed by atoms with Gasteiger partial charge in [0, 0.05) is 16.7 Å². The maximum absolute atomic E-state index is 11.7. The van der Waals surface area contributed by atoms with Gasteiger partial charge in [0.1, 0.15) is 5.75 Å². The lowest BCUT2D eigenvalue weighted by molar-refractivity contribution is -0.118. The number of rotatable bonds is 4. The summed E-state index contributed by atoms with van der Waals surface area (Å²) in [6, 6.07) is 5.83. The quantitative estimate of drug-likeness (QED) is 0.724. The summed E-state index contributed by atoms with van der Waals surface area (Å²) in [4.78, 5) is 17.2. The first kappa shape index (κ1) is 20.6. The number of nitrogens with one attached hydrogen (secondary N) is 1. The molecule has 2 aliphatic rings. The lowest BCUT2D eigenvalue weighted by atomic mass is 9.72. The predicted octanol–water partition coefficient (Wildman–Crippen LogP) is 4.68. The van der Waals surface area contributed by atoms with E-state index in [4.69, 9.17) is 9.84 Å². The molecule has 0 spiro atoms. The van der Waals surface area contributed by atoms with Crippen LogP contribution in [0.3, 0.4) is 0 Å². The first-order valence-corrected chi connectivity index (χ1v) is 11.2. The van der Waals surface area contributed by atoms with E-state index >= 15 is 0 Å². The summed E-state index contributed by atoms with van der Waals surface area (Å²) in [5.41, 5.74) is 4.05. The Bertz CT molecular complexity index is 1080. The summed E-state index contributed by atoms with van der Waals surface area (Å²) in [5, 5.41) is 10.0. The van der Waals surface area contributed by atoms with Gasteiger partial charge in [-0.1, -0.05) is 26.8 Å². The molecule has 1 aliphatic heterocycles. The lowest BCUT2D eigenvalue weighted by Crippen LogP contribution is -2.29. The second-order valence-electron chi connectivity index (χ2n) is 8.91. The summed E-state index contributed by atoms with van der Waals surface area (Å²) in [7, 11) is 0. The van der Waals surface area contributed by atoms with Crippen LogP contribution in [0.1, 0.15) is 40.0 Å². The lowest BCUT2D eigenvalue weighted by Gasteiger charge is -2.34. The Morgan fingerprint density at radius 2 is 2.27 bits per heavy atom. The van der Waals surface area contributed by atoms with Crippen LogP contribution in [-0.2, 0) is 4.79 Å². The van der Waals surface area contributed by atoms with Crippen LogP contribution in [0.2, 0.25) is 0 Å². The van der Waals surface area contributed by atoms with Crippen LogP contribution in [0.4, 0.5) is 5.69 Å². The van der Waals surface area contributed by atoms with Crippen molar-refractivity contribution in [1.82, 2.24) is 4.68 Å². The normalized spacial score (nSPS) is 22.4. The summed E-state index contributed by atoms with van der Waals surface area (Å²) in [5.74, 6) is 1.16. The summed E-state index contributed by atoms with van der Waals surface area (Å²) in [6.07, 6.45) is 4.98. The number of hydrogen-bond acceptors (Lipinski definition) is 5. The molecule has 1 unspecified atom stereocenters. The number of thiazole rings is 1. The molecular formula is C23H28N4O2S. The highest BCUT2D eigenvalue weighted by Gasteiger charge is 2.30. The molecule has 6 nitrogen and oxygen atoms in total. The van der Waals surface area contributed by atoms with E-state index in [0.717, 1.165) is 28.9 Å². The van der Waals surface area contributed by atoms with Gasteiger partial charge in [0.25, 0.3) is 5.91 Å². The third-order valence-corrected chi connectivity index (χ3v) is 6.21. The fourth-order valence-electron chi connectivity index (χ4n) is 4.42. The molecule has 0 radical (unpaired) electrons. The van der Waals surface area contributed by atoms with Crippen LogP contribution < -0.4 is 14.9 Å². The zero-order chi connectivity index (χ0) is 21.3. The summed E-state index contributed by atoms with van der Waals surface area (Å²) >= 11 is 1.56. The molecule has 2 heterocycles. The number of ether oxygens (including phenoxy) is 1. The summed E-state index contributed by atoms with van der Waals surface area (Å²) < 4.78 is 7.45. The molecule has 158 valence electrons. The van der Waals surface area contributed by atoms with Crippen LogP contribution in [0.5, 0.6) is 5.75 Å². The molecule has 1 atom stereocenters. The number of benzene rings is 1. The molecule has 7 heteroatoms. The summed E-state index contributed by atoms with van der Waals surface area (Å²) in [6.45, 7) is 11.3. The standard InChI is InChI=1S/C23H28N4O2S/c1-5-8-24-22-27(26-17-9-15(2)11-23(3,4)12-17)19(14-30-22)16-6-7-20-18(10-16)25-21(28)13-29-20/h5-7,10,14-15H,1,8-9,11-13H2,2-4H3,(H,25,28). The molecule has 1 saturated carbocycles. The van der Waals surface area contributed by atoms with Crippen LogP contribution in [-0.4, -0.2) is 29.4 Å². The molecule has 30 heavy (non-hydrogen) atoms. The number of aromatic nitrogens is 1. The topological polar surface area (TPSA) is 68.0 Å². The van der Waals surface area contributed by atoms with Gasteiger partial charge in [0.15, 0.2) is 6.61 Å². The van der Waals surface area contributed by atoms with Gasteiger partial charge in [-0.05, 0) is 48.8 Å². The molecule has 1 aromatic carbocycles. The highest BCUT2D eigenvalue weighted by Crippen LogP contribution is 2.37. The molecule has 2 aromatic rings. The van der Waals surface area contributed by atoms with Gasteiger partial charge < -0.3 is 10.1 Å². The molecule has 1 aliphatic carbocycles. The van der Waals surface area contributed by atoms with Crippen LogP contribution in [0.25, 0.3) is 11.3 Å². The maximum Gasteiger partial charge on any atom is 0.262 e. The van der Waals surface area contributed by atoms with Crippen molar-refractivity contribution >= 4 is 28.6 Å². The Kier molecular flexibility index (Phi) is 5.64. The van der Waals surface area contributed by atoms with Crippen molar-refractivity contribution in [2.24, 2.45) is 21.4 Å². The fraction of sp³-hybridized carbons (Fsp3) is 0.435. The Hall–Kier alpha value is -2.67.